The van der Waals surface area contributed by atoms with Crippen molar-refractivity contribution in [3.05, 3.63) is 106 Å². The van der Waals surface area contributed by atoms with Crippen LogP contribution < -0.4 is 32.3 Å². The maximum Gasteiger partial charge on any atom is 0.296 e. The lowest BCUT2D eigenvalue weighted by Crippen LogP contribution is -2.37. The molecule has 0 unspecified atom stereocenters. The average Bonchev–Trinajstić information content (AvgIpc) is 0.808. The molecule has 42 heteroatoms. The fraction of sp³-hybridized carbons (Fsp3) is 0.346. The number of nitrogens with one attached hydrogen (secondary N) is 6. The summed E-state index contributed by atoms with van der Waals surface area (Å²) in [5, 5.41) is 35.2. The van der Waals surface area contributed by atoms with Gasteiger partial charge in [0.2, 0.25) is 34.4 Å². The van der Waals surface area contributed by atoms with Crippen LogP contribution in [0.5, 0.6) is 0 Å². The summed E-state index contributed by atoms with van der Waals surface area (Å²) in [4.78, 5) is 39.0. The van der Waals surface area contributed by atoms with E-state index in [2.05, 4.69) is 59.7 Å². The highest BCUT2D eigenvalue weighted by Crippen LogP contribution is 2.30. The standard InChI is InChI=1S/C52H68N16O20S6/c1-5-65(6-2)23-9-25-67(27-21-45(53)69)51-61-47(59-49(63-51)57-39-31-37(89(71,72)73)17-19-41(39)91(77,78)79)55-35-15-13-33(43(29-35)93(83,84)85)11-12-34-14-16-36(30-44(34)94(86,87)88)56-48-60-50(58-40-32-38(90(74,75)76)18-20-42(40)92(80,81)82)64-52(62-48)68(28-22-46(54)70)26-10-24-66(7-3)8-4/h11-20,29-32H,5-10,21-28H2,1-4H3,(H2,53,69)(H2,54,70)(H,71,72,73)(H,74,75,76)(H,77,78,79)(H,80,81,82)(H,83,84,85)(H,86,87,88)(H2,55,57,59,61,63)(H2,56,58,60,62,64). The first kappa shape index (κ1) is 74.8. The van der Waals surface area contributed by atoms with E-state index in [0.29, 0.717) is 88.5 Å². The van der Waals surface area contributed by atoms with Crippen molar-refractivity contribution in [2.45, 2.75) is 82.8 Å². The van der Waals surface area contributed by atoms with E-state index in [1.54, 1.807) is 9.80 Å². The maximum atomic E-state index is 13.1. The molecule has 0 spiro atoms. The molecule has 0 saturated heterocycles. The summed E-state index contributed by atoms with van der Waals surface area (Å²) in [6.07, 6.45) is 2.54. The topological polar surface area (TPSA) is 566 Å². The fourth-order valence-electron chi connectivity index (χ4n) is 8.99. The van der Waals surface area contributed by atoms with Crippen LogP contribution in [0.25, 0.3) is 12.2 Å². The highest BCUT2D eigenvalue weighted by molar-refractivity contribution is 7.87. The van der Waals surface area contributed by atoms with E-state index in [1.165, 1.54) is 12.1 Å². The van der Waals surface area contributed by atoms with Crippen LogP contribution in [0.1, 0.15) is 64.5 Å². The van der Waals surface area contributed by atoms with Gasteiger partial charge in [0.1, 0.15) is 19.6 Å². The number of hydrogen-bond acceptors (Lipinski definition) is 24. The smallest absolute Gasteiger partial charge is 0.296 e. The summed E-state index contributed by atoms with van der Waals surface area (Å²) in [5.41, 5.74) is -4.46. The Bertz CT molecular complexity index is 4570. The molecule has 0 radical (unpaired) electrons. The van der Waals surface area contributed by atoms with Crippen molar-refractivity contribution in [1.82, 2.24) is 39.7 Å². The van der Waals surface area contributed by atoms with Crippen molar-refractivity contribution in [2.75, 3.05) is 75.2 Å². The lowest BCUT2D eigenvalue weighted by molar-refractivity contribution is 0.300. The zero-order valence-electron chi connectivity index (χ0n) is 50.4. The molecule has 6 rings (SSSR count). The first-order valence-corrected chi connectivity index (χ1v) is 36.6. The SMILES string of the molecule is CCN(CC)CCCN(CCC(=N)O)c1nc(=Nc2ccc(C=Cc3ccc(N=c4nc(N(CCCN(CC)CC)CCC(=N)O)[nH]c(=Nc5cc(S(=O)(=O)O)ccc5S(=O)(=O)O)[nH]4)cc3S(=O)(=O)O)c(S(=O)(=O)O)c2)[nH]c(=Nc2cc(S(=O)(=O)O)ccc2S(=O)(=O)O)[nH]1. The predicted octanol–water partition coefficient (Wildman–Crippen LogP) is 3.30. The molecule has 0 saturated carbocycles. The van der Waals surface area contributed by atoms with Crippen LogP contribution in [-0.2, 0) is 60.7 Å². The summed E-state index contributed by atoms with van der Waals surface area (Å²) in [5.74, 6) is -1.68. The van der Waals surface area contributed by atoms with Gasteiger partial charge in [0, 0.05) is 39.0 Å². The Labute approximate surface area is 539 Å². The molecule has 0 fully saturated rings. The van der Waals surface area contributed by atoms with Gasteiger partial charge in [-0.25, -0.2) is 20.0 Å². The van der Waals surface area contributed by atoms with Crippen LogP contribution in [-0.4, -0.2) is 205 Å². The Morgan fingerprint density at radius 1 is 0.436 bits per heavy atom. The molecular weight excluding hydrogens is 1360 g/mol. The van der Waals surface area contributed by atoms with E-state index in [0.717, 1.165) is 36.4 Å². The first-order chi connectivity index (χ1) is 43.8. The molecule has 4 aromatic carbocycles. The van der Waals surface area contributed by atoms with E-state index in [-0.39, 0.29) is 73.4 Å². The third-order valence-corrected chi connectivity index (χ3v) is 19.0. The number of H-pyrrole nitrogens is 4. The Kier molecular flexibility index (Phi) is 24.9. The fourth-order valence-corrected chi connectivity index (χ4v) is 12.6. The molecule has 0 bridgehead atoms. The summed E-state index contributed by atoms with van der Waals surface area (Å²) >= 11 is 0. The third kappa shape index (κ3) is 21.7. The van der Waals surface area contributed by atoms with Gasteiger partial charge in [-0.05, 0) is 124 Å². The quantitative estimate of drug-likeness (QED) is 0.0125. The van der Waals surface area contributed by atoms with Crippen molar-refractivity contribution < 1.29 is 88.0 Å². The Balaban J connectivity index is 1.53. The number of rotatable bonds is 32. The Morgan fingerprint density at radius 2 is 0.777 bits per heavy atom. The van der Waals surface area contributed by atoms with Gasteiger partial charge in [0.25, 0.3) is 60.7 Å². The van der Waals surface area contributed by atoms with Gasteiger partial charge in [-0.15, -0.1) is 0 Å². The van der Waals surface area contributed by atoms with Gasteiger partial charge in [-0.1, -0.05) is 52.0 Å². The molecule has 0 aliphatic carbocycles. The molecule has 2 heterocycles. The minimum Gasteiger partial charge on any atom is -0.497 e. The number of hydrogen-bond donors (Lipinski definition) is 14. The number of aromatic amines is 4. The van der Waals surface area contributed by atoms with Crippen molar-refractivity contribution in [3.63, 3.8) is 0 Å². The van der Waals surface area contributed by atoms with Gasteiger partial charge in [-0.3, -0.25) is 58.1 Å². The van der Waals surface area contributed by atoms with Crippen LogP contribution in [0, 0.1) is 10.8 Å². The van der Waals surface area contributed by atoms with Crippen molar-refractivity contribution in [3.8, 4) is 0 Å². The van der Waals surface area contributed by atoms with Crippen molar-refractivity contribution in [2.24, 2.45) is 20.0 Å². The van der Waals surface area contributed by atoms with Crippen LogP contribution in [0.2, 0.25) is 0 Å². The van der Waals surface area contributed by atoms with Gasteiger partial charge < -0.3 is 29.8 Å². The monoisotopic (exact) mass is 1430 g/mol. The van der Waals surface area contributed by atoms with Crippen molar-refractivity contribution in [1.29, 1.82) is 10.8 Å². The summed E-state index contributed by atoms with van der Waals surface area (Å²) in [6.45, 7) is 11.9. The van der Waals surface area contributed by atoms with E-state index >= 15 is 0 Å². The molecule has 94 heavy (non-hydrogen) atoms. The Hall–Kier alpha value is -8.24. The maximum absolute atomic E-state index is 13.1. The molecule has 2 aromatic heterocycles. The lowest BCUT2D eigenvalue weighted by atomic mass is 10.1. The van der Waals surface area contributed by atoms with Crippen LogP contribution in [0.15, 0.2) is 122 Å². The zero-order chi connectivity index (χ0) is 69.7. The molecular formula is C52H68N16O20S6. The summed E-state index contributed by atoms with van der Waals surface area (Å²) in [7, 11) is -30.7. The largest absolute Gasteiger partial charge is 0.497 e. The summed E-state index contributed by atoms with van der Waals surface area (Å²) < 4.78 is 212. The molecule has 6 aromatic rings. The second kappa shape index (κ2) is 31.3. The van der Waals surface area contributed by atoms with E-state index in [1.807, 2.05) is 27.7 Å². The third-order valence-electron chi connectivity index (χ3n) is 13.7. The molecule has 0 atom stereocenters. The highest BCUT2D eigenvalue weighted by atomic mass is 32.2. The molecule has 0 amide bonds. The minimum absolute atomic E-state index is 0.0805. The van der Waals surface area contributed by atoms with Gasteiger partial charge in [-0.2, -0.15) is 60.5 Å². The first-order valence-electron chi connectivity index (χ1n) is 28.0. The van der Waals surface area contributed by atoms with E-state index in [9.17, 15) is 88.0 Å². The highest BCUT2D eigenvalue weighted by Gasteiger charge is 2.24. The normalized spacial score (nSPS) is 13.6. The number of aromatic nitrogens is 6. The van der Waals surface area contributed by atoms with E-state index < -0.39 is 136 Å². The number of aliphatic hydroxyl groups excluding tert-OH is 2. The second-order valence-electron chi connectivity index (χ2n) is 20.2. The van der Waals surface area contributed by atoms with Crippen LogP contribution in [0.4, 0.5) is 34.6 Å². The number of nitrogens with zero attached hydrogens (tertiary/aromatic N) is 10. The van der Waals surface area contributed by atoms with E-state index in [4.69, 9.17) is 10.8 Å². The van der Waals surface area contributed by atoms with Crippen LogP contribution >= 0.6 is 0 Å². The molecule has 512 valence electrons. The number of anilines is 2. The second-order valence-corrected chi connectivity index (χ2v) is 28.6. The average molecular weight is 1430 g/mol. The lowest BCUT2D eigenvalue weighted by Gasteiger charge is -2.25. The van der Waals surface area contributed by atoms with Crippen LogP contribution in [0.3, 0.4) is 0 Å². The molecule has 36 nitrogen and oxygen atoms in total. The van der Waals surface area contributed by atoms with Gasteiger partial charge in [0.05, 0.1) is 32.5 Å². The van der Waals surface area contributed by atoms with Gasteiger partial charge >= 0.3 is 0 Å². The van der Waals surface area contributed by atoms with Gasteiger partial charge in [0.15, 0.2) is 11.8 Å². The summed E-state index contributed by atoms with van der Waals surface area (Å²) in [6, 6.07) is 10.3. The molecule has 0 aliphatic heterocycles. The predicted molar refractivity (Wildman–Crippen MR) is 340 cm³/mol. The Morgan fingerprint density at radius 3 is 1.07 bits per heavy atom. The molecule has 0 aliphatic rings. The number of benzene rings is 4. The number of aliphatic hydroxyl groups is 2. The van der Waals surface area contributed by atoms with Crippen molar-refractivity contribution >= 4 is 119 Å². The molecule has 14 N–H and O–H groups in total. The minimum atomic E-state index is -5.23. The zero-order valence-corrected chi connectivity index (χ0v) is 55.3.